The van der Waals surface area contributed by atoms with Crippen LogP contribution in [0.2, 0.25) is 0 Å². The number of hydrogen-bond donors (Lipinski definition) is 0. The minimum Gasteiger partial charge on any atom is -0.372 e. The first-order valence-corrected chi connectivity index (χ1v) is 11.7. The molecule has 0 bridgehead atoms. The standard InChI is InChI=1S/C27H30N4O2/c1-18-9-11-22(12-10-18)27(32)30-14-13-24-23(17-30)26(31-15-19(2)33-20(3)16-31)29-25(28-24)21-7-5-4-6-8-21/h4-12,19-20H,13-17H2,1-3H3. The normalized spacial score (nSPS) is 20.5. The topological polar surface area (TPSA) is 58.6 Å². The molecule has 3 heterocycles. The average Bonchev–Trinajstić information content (AvgIpc) is 2.83. The first-order chi connectivity index (χ1) is 16.0. The van der Waals surface area contributed by atoms with Crippen molar-refractivity contribution in [2.45, 2.75) is 45.9 Å². The van der Waals surface area contributed by atoms with E-state index in [1.165, 1.54) is 0 Å². The molecule has 170 valence electrons. The van der Waals surface area contributed by atoms with Gasteiger partial charge in [-0.25, -0.2) is 9.97 Å². The van der Waals surface area contributed by atoms with Crippen LogP contribution in [-0.2, 0) is 17.7 Å². The molecule has 1 saturated heterocycles. The van der Waals surface area contributed by atoms with Gasteiger partial charge in [0.05, 0.1) is 24.4 Å². The van der Waals surface area contributed by atoms with Gasteiger partial charge in [0.25, 0.3) is 5.91 Å². The van der Waals surface area contributed by atoms with Crippen LogP contribution in [0.1, 0.15) is 41.0 Å². The quantitative estimate of drug-likeness (QED) is 0.607. The van der Waals surface area contributed by atoms with E-state index in [9.17, 15) is 4.79 Å². The number of carbonyl (C=O) groups is 1. The van der Waals surface area contributed by atoms with E-state index in [2.05, 4.69) is 18.7 Å². The molecule has 2 aliphatic rings. The summed E-state index contributed by atoms with van der Waals surface area (Å²) in [4.78, 5) is 27.5. The zero-order valence-corrected chi connectivity index (χ0v) is 19.5. The summed E-state index contributed by atoms with van der Waals surface area (Å²) < 4.78 is 5.97. The van der Waals surface area contributed by atoms with Crippen molar-refractivity contribution in [3.63, 3.8) is 0 Å². The van der Waals surface area contributed by atoms with Gasteiger partial charge in [-0.1, -0.05) is 48.0 Å². The van der Waals surface area contributed by atoms with Gasteiger partial charge in [-0.2, -0.15) is 0 Å². The summed E-state index contributed by atoms with van der Waals surface area (Å²) in [7, 11) is 0. The number of amides is 1. The Labute approximate surface area is 195 Å². The fourth-order valence-electron chi connectivity index (χ4n) is 4.78. The number of nitrogens with zero attached hydrogens (tertiary/aromatic N) is 4. The van der Waals surface area contributed by atoms with Gasteiger partial charge in [0.15, 0.2) is 5.82 Å². The Morgan fingerprint density at radius 2 is 1.67 bits per heavy atom. The number of benzene rings is 2. The van der Waals surface area contributed by atoms with Crippen LogP contribution in [0, 0.1) is 6.92 Å². The molecule has 2 atom stereocenters. The first-order valence-electron chi connectivity index (χ1n) is 11.7. The lowest BCUT2D eigenvalue weighted by molar-refractivity contribution is -0.00558. The van der Waals surface area contributed by atoms with Crippen LogP contribution < -0.4 is 4.90 Å². The number of hydrogen-bond acceptors (Lipinski definition) is 5. The molecule has 1 aromatic heterocycles. The van der Waals surface area contributed by atoms with E-state index in [4.69, 9.17) is 14.7 Å². The highest BCUT2D eigenvalue weighted by Gasteiger charge is 2.31. The highest BCUT2D eigenvalue weighted by molar-refractivity contribution is 5.94. The van der Waals surface area contributed by atoms with Crippen LogP contribution in [0.15, 0.2) is 54.6 Å². The molecular formula is C27H30N4O2. The maximum absolute atomic E-state index is 13.3. The molecule has 6 nitrogen and oxygen atoms in total. The maximum atomic E-state index is 13.3. The molecule has 0 spiro atoms. The van der Waals surface area contributed by atoms with Gasteiger partial charge < -0.3 is 14.5 Å². The van der Waals surface area contributed by atoms with Crippen LogP contribution in [0.25, 0.3) is 11.4 Å². The summed E-state index contributed by atoms with van der Waals surface area (Å²) >= 11 is 0. The number of aromatic nitrogens is 2. The number of morpholine rings is 1. The van der Waals surface area contributed by atoms with Gasteiger partial charge >= 0.3 is 0 Å². The van der Waals surface area contributed by atoms with Gasteiger partial charge in [0.1, 0.15) is 5.82 Å². The second kappa shape index (κ2) is 8.94. The molecule has 2 aliphatic heterocycles. The molecule has 0 radical (unpaired) electrons. The Hall–Kier alpha value is -3.25. The molecule has 0 N–H and O–H groups in total. The first kappa shape index (κ1) is 21.6. The third-order valence-electron chi connectivity index (χ3n) is 6.38. The predicted molar refractivity (Wildman–Crippen MR) is 129 cm³/mol. The van der Waals surface area contributed by atoms with Crippen molar-refractivity contribution in [3.8, 4) is 11.4 Å². The molecule has 0 aliphatic carbocycles. The second-order valence-corrected chi connectivity index (χ2v) is 9.17. The largest absolute Gasteiger partial charge is 0.372 e. The fourth-order valence-corrected chi connectivity index (χ4v) is 4.78. The second-order valence-electron chi connectivity index (χ2n) is 9.17. The van der Waals surface area contributed by atoms with Crippen LogP contribution in [-0.4, -0.2) is 52.6 Å². The lowest BCUT2D eigenvalue weighted by Crippen LogP contribution is -2.47. The van der Waals surface area contributed by atoms with Crippen LogP contribution in [0.5, 0.6) is 0 Å². The Kier molecular flexibility index (Phi) is 5.85. The van der Waals surface area contributed by atoms with Crippen molar-refractivity contribution in [3.05, 3.63) is 77.0 Å². The monoisotopic (exact) mass is 442 g/mol. The molecule has 1 fully saturated rings. The Morgan fingerprint density at radius 1 is 0.970 bits per heavy atom. The van der Waals surface area contributed by atoms with E-state index in [1.807, 2.05) is 66.4 Å². The van der Waals surface area contributed by atoms with Crippen molar-refractivity contribution in [2.75, 3.05) is 24.5 Å². The summed E-state index contributed by atoms with van der Waals surface area (Å²) in [6.07, 6.45) is 0.958. The molecule has 2 unspecified atom stereocenters. The molecule has 5 rings (SSSR count). The fraction of sp³-hybridized carbons (Fsp3) is 0.370. The van der Waals surface area contributed by atoms with E-state index < -0.39 is 0 Å². The Balaban J connectivity index is 1.53. The van der Waals surface area contributed by atoms with E-state index in [1.54, 1.807) is 0 Å². The van der Waals surface area contributed by atoms with E-state index in [0.717, 1.165) is 59.1 Å². The van der Waals surface area contributed by atoms with Gasteiger partial charge in [0, 0.05) is 42.7 Å². The lowest BCUT2D eigenvalue weighted by Gasteiger charge is -2.39. The molecule has 1 amide bonds. The summed E-state index contributed by atoms with van der Waals surface area (Å²) in [5.74, 6) is 1.74. The maximum Gasteiger partial charge on any atom is 0.254 e. The highest BCUT2D eigenvalue weighted by atomic mass is 16.5. The lowest BCUT2D eigenvalue weighted by atomic mass is 10.0. The summed E-state index contributed by atoms with van der Waals surface area (Å²) in [6, 6.07) is 17.9. The van der Waals surface area contributed by atoms with Crippen molar-refractivity contribution < 1.29 is 9.53 Å². The number of carbonyl (C=O) groups excluding carboxylic acids is 1. The van der Waals surface area contributed by atoms with Crippen molar-refractivity contribution in [1.29, 1.82) is 0 Å². The zero-order valence-electron chi connectivity index (χ0n) is 19.5. The van der Waals surface area contributed by atoms with Crippen molar-refractivity contribution in [2.24, 2.45) is 0 Å². The third-order valence-corrected chi connectivity index (χ3v) is 6.38. The van der Waals surface area contributed by atoms with Crippen LogP contribution in [0.3, 0.4) is 0 Å². The van der Waals surface area contributed by atoms with Gasteiger partial charge in [-0.15, -0.1) is 0 Å². The molecule has 2 aromatic carbocycles. The van der Waals surface area contributed by atoms with Gasteiger partial charge in [-0.3, -0.25) is 4.79 Å². The number of aryl methyl sites for hydroxylation is 1. The van der Waals surface area contributed by atoms with E-state index in [0.29, 0.717) is 13.1 Å². The van der Waals surface area contributed by atoms with Crippen molar-refractivity contribution >= 4 is 11.7 Å². The molecule has 33 heavy (non-hydrogen) atoms. The molecule has 0 saturated carbocycles. The summed E-state index contributed by atoms with van der Waals surface area (Å²) in [5, 5.41) is 0. The Morgan fingerprint density at radius 3 is 2.36 bits per heavy atom. The minimum atomic E-state index is 0.0578. The SMILES string of the molecule is Cc1ccc(C(=O)N2CCc3nc(-c4ccccc4)nc(N4CC(C)OC(C)C4)c3C2)cc1. The van der Waals surface area contributed by atoms with Gasteiger partial charge in [0.2, 0.25) is 0 Å². The number of fused-ring (bicyclic) bond motifs is 1. The number of anilines is 1. The van der Waals surface area contributed by atoms with E-state index in [-0.39, 0.29) is 18.1 Å². The zero-order chi connectivity index (χ0) is 22.9. The average molecular weight is 443 g/mol. The van der Waals surface area contributed by atoms with Crippen molar-refractivity contribution in [1.82, 2.24) is 14.9 Å². The molecule has 6 heteroatoms. The molecule has 3 aromatic rings. The summed E-state index contributed by atoms with van der Waals surface area (Å²) in [6.45, 7) is 8.95. The highest BCUT2D eigenvalue weighted by Crippen LogP contribution is 2.32. The third kappa shape index (κ3) is 4.48. The van der Waals surface area contributed by atoms with Gasteiger partial charge in [-0.05, 0) is 32.9 Å². The minimum absolute atomic E-state index is 0.0578. The van der Waals surface area contributed by atoms with E-state index >= 15 is 0 Å². The Bertz CT molecular complexity index is 1140. The summed E-state index contributed by atoms with van der Waals surface area (Å²) in [5.41, 5.74) is 4.98. The number of ether oxygens (including phenoxy) is 1. The molecular weight excluding hydrogens is 412 g/mol. The number of rotatable bonds is 3. The predicted octanol–water partition coefficient (Wildman–Crippen LogP) is 4.26. The van der Waals surface area contributed by atoms with Crippen LogP contribution >= 0.6 is 0 Å². The van der Waals surface area contributed by atoms with Crippen LogP contribution in [0.4, 0.5) is 5.82 Å². The smallest absolute Gasteiger partial charge is 0.254 e.